The van der Waals surface area contributed by atoms with Crippen molar-refractivity contribution < 1.29 is 4.74 Å². The van der Waals surface area contributed by atoms with Gasteiger partial charge in [0.25, 0.3) is 0 Å². The van der Waals surface area contributed by atoms with Crippen LogP contribution in [0.3, 0.4) is 0 Å². The molecule has 2 atom stereocenters. The molecule has 2 nitrogen and oxygen atoms in total. The first-order chi connectivity index (χ1) is 9.31. The van der Waals surface area contributed by atoms with Gasteiger partial charge in [0, 0.05) is 5.56 Å². The van der Waals surface area contributed by atoms with Gasteiger partial charge in [0.2, 0.25) is 0 Å². The SMILES string of the molecule is CCC1CCCC(Oc2cccc(C#CCN)c2)C1. The Morgan fingerprint density at radius 2 is 2.26 bits per heavy atom. The second-order valence-electron chi connectivity index (χ2n) is 5.21. The van der Waals surface area contributed by atoms with E-state index in [1.807, 2.05) is 24.3 Å². The molecular formula is C17H23NO. The number of ether oxygens (including phenoxy) is 1. The van der Waals surface area contributed by atoms with Crippen LogP contribution in [-0.2, 0) is 0 Å². The van der Waals surface area contributed by atoms with Gasteiger partial charge in [-0.25, -0.2) is 0 Å². The highest BCUT2D eigenvalue weighted by atomic mass is 16.5. The van der Waals surface area contributed by atoms with Crippen molar-refractivity contribution in [3.05, 3.63) is 29.8 Å². The first-order valence-corrected chi connectivity index (χ1v) is 7.27. The average Bonchev–Trinajstić information content (AvgIpc) is 2.46. The molecule has 1 aromatic rings. The minimum Gasteiger partial charge on any atom is -0.490 e. The molecule has 0 heterocycles. The van der Waals surface area contributed by atoms with Crippen LogP contribution in [-0.4, -0.2) is 12.6 Å². The van der Waals surface area contributed by atoms with Gasteiger partial charge in [0.1, 0.15) is 5.75 Å². The fourth-order valence-corrected chi connectivity index (χ4v) is 2.71. The molecule has 1 aliphatic rings. The summed E-state index contributed by atoms with van der Waals surface area (Å²) in [5.41, 5.74) is 6.37. The Morgan fingerprint density at radius 3 is 3.05 bits per heavy atom. The summed E-state index contributed by atoms with van der Waals surface area (Å²) in [4.78, 5) is 0. The van der Waals surface area contributed by atoms with Crippen LogP contribution in [0, 0.1) is 17.8 Å². The normalized spacial score (nSPS) is 22.4. The van der Waals surface area contributed by atoms with E-state index in [2.05, 4.69) is 18.8 Å². The minimum absolute atomic E-state index is 0.372. The monoisotopic (exact) mass is 257 g/mol. The highest BCUT2D eigenvalue weighted by Gasteiger charge is 2.21. The lowest BCUT2D eigenvalue weighted by atomic mass is 9.85. The van der Waals surface area contributed by atoms with Crippen LogP contribution < -0.4 is 10.5 Å². The van der Waals surface area contributed by atoms with Crippen LogP contribution in [0.25, 0.3) is 0 Å². The van der Waals surface area contributed by atoms with Crippen LogP contribution in [0.4, 0.5) is 0 Å². The molecule has 2 N–H and O–H groups in total. The summed E-state index contributed by atoms with van der Waals surface area (Å²) in [6, 6.07) is 8.02. The molecule has 102 valence electrons. The number of nitrogens with two attached hydrogens (primary N) is 1. The number of rotatable bonds is 3. The molecular weight excluding hydrogens is 234 g/mol. The molecule has 19 heavy (non-hydrogen) atoms. The van der Waals surface area contributed by atoms with Gasteiger partial charge in [-0.3, -0.25) is 0 Å². The van der Waals surface area contributed by atoms with Gasteiger partial charge in [0.15, 0.2) is 0 Å². The Bertz CT molecular complexity index is 458. The third kappa shape index (κ3) is 4.29. The van der Waals surface area contributed by atoms with Crippen molar-refractivity contribution in [3.8, 4) is 17.6 Å². The molecule has 0 radical (unpaired) electrons. The molecule has 0 bridgehead atoms. The Labute approximate surface area is 116 Å². The molecule has 0 amide bonds. The summed E-state index contributed by atoms with van der Waals surface area (Å²) in [6.07, 6.45) is 6.65. The molecule has 1 aromatic carbocycles. The minimum atomic E-state index is 0.372. The third-order valence-electron chi connectivity index (χ3n) is 3.78. The average molecular weight is 257 g/mol. The van der Waals surface area contributed by atoms with E-state index in [1.165, 1.54) is 32.1 Å². The third-order valence-corrected chi connectivity index (χ3v) is 3.78. The second kappa shape index (κ2) is 7.21. The van der Waals surface area contributed by atoms with Crippen LogP contribution in [0.1, 0.15) is 44.6 Å². The summed E-state index contributed by atoms with van der Waals surface area (Å²) < 4.78 is 6.11. The van der Waals surface area contributed by atoms with E-state index < -0.39 is 0 Å². The topological polar surface area (TPSA) is 35.2 Å². The largest absolute Gasteiger partial charge is 0.490 e. The van der Waals surface area contributed by atoms with E-state index in [0.29, 0.717) is 12.6 Å². The van der Waals surface area contributed by atoms with Gasteiger partial charge in [-0.1, -0.05) is 37.7 Å². The predicted molar refractivity (Wildman–Crippen MR) is 79.0 cm³/mol. The Morgan fingerprint density at radius 1 is 1.37 bits per heavy atom. The fourth-order valence-electron chi connectivity index (χ4n) is 2.71. The van der Waals surface area contributed by atoms with E-state index in [0.717, 1.165) is 17.2 Å². The highest BCUT2D eigenvalue weighted by Crippen LogP contribution is 2.29. The van der Waals surface area contributed by atoms with Crippen molar-refractivity contribution in [2.24, 2.45) is 11.7 Å². The molecule has 0 saturated heterocycles. The standard InChI is InChI=1S/C17H23NO/c1-2-14-6-3-9-16(12-14)19-17-10-4-7-15(13-17)8-5-11-18/h4,7,10,13-14,16H,2-3,6,9,11-12,18H2,1H3. The number of hydrogen-bond donors (Lipinski definition) is 1. The highest BCUT2D eigenvalue weighted by molar-refractivity contribution is 5.40. The maximum atomic E-state index is 6.11. The predicted octanol–water partition coefficient (Wildman–Crippen LogP) is 3.34. The molecule has 0 spiro atoms. The number of benzene rings is 1. The summed E-state index contributed by atoms with van der Waals surface area (Å²) in [5, 5.41) is 0. The van der Waals surface area contributed by atoms with E-state index in [-0.39, 0.29) is 0 Å². The van der Waals surface area contributed by atoms with Crippen molar-refractivity contribution in [3.63, 3.8) is 0 Å². The first kappa shape index (κ1) is 14.0. The quantitative estimate of drug-likeness (QED) is 0.843. The Balaban J connectivity index is 1.98. The van der Waals surface area contributed by atoms with Crippen LogP contribution in [0.5, 0.6) is 5.75 Å². The van der Waals surface area contributed by atoms with Gasteiger partial charge in [0.05, 0.1) is 12.6 Å². The lowest BCUT2D eigenvalue weighted by Gasteiger charge is -2.29. The Kier molecular flexibility index (Phi) is 5.30. The summed E-state index contributed by atoms with van der Waals surface area (Å²) in [6.45, 7) is 2.67. The summed E-state index contributed by atoms with van der Waals surface area (Å²) >= 11 is 0. The van der Waals surface area contributed by atoms with Crippen molar-refractivity contribution >= 4 is 0 Å². The maximum absolute atomic E-state index is 6.11. The zero-order chi connectivity index (χ0) is 13.5. The van der Waals surface area contributed by atoms with Gasteiger partial charge < -0.3 is 10.5 Å². The van der Waals surface area contributed by atoms with E-state index in [9.17, 15) is 0 Å². The summed E-state index contributed by atoms with van der Waals surface area (Å²) in [7, 11) is 0. The molecule has 2 unspecified atom stereocenters. The maximum Gasteiger partial charge on any atom is 0.120 e. The van der Waals surface area contributed by atoms with Crippen LogP contribution >= 0.6 is 0 Å². The summed E-state index contributed by atoms with van der Waals surface area (Å²) in [5.74, 6) is 7.69. The number of hydrogen-bond acceptors (Lipinski definition) is 2. The molecule has 0 aliphatic heterocycles. The van der Waals surface area contributed by atoms with Crippen LogP contribution in [0.2, 0.25) is 0 Å². The molecule has 2 heteroatoms. The van der Waals surface area contributed by atoms with Crippen molar-refractivity contribution in [2.75, 3.05) is 6.54 Å². The second-order valence-corrected chi connectivity index (χ2v) is 5.21. The molecule has 0 aromatic heterocycles. The molecule has 1 saturated carbocycles. The lowest BCUT2D eigenvalue weighted by Crippen LogP contribution is -2.25. The van der Waals surface area contributed by atoms with Crippen LogP contribution in [0.15, 0.2) is 24.3 Å². The first-order valence-electron chi connectivity index (χ1n) is 7.27. The van der Waals surface area contributed by atoms with Gasteiger partial charge in [-0.15, -0.1) is 0 Å². The van der Waals surface area contributed by atoms with E-state index in [1.54, 1.807) is 0 Å². The molecule has 1 fully saturated rings. The van der Waals surface area contributed by atoms with E-state index >= 15 is 0 Å². The molecule has 1 aliphatic carbocycles. The zero-order valence-electron chi connectivity index (χ0n) is 11.7. The van der Waals surface area contributed by atoms with Crippen molar-refractivity contribution in [1.82, 2.24) is 0 Å². The zero-order valence-corrected chi connectivity index (χ0v) is 11.7. The van der Waals surface area contributed by atoms with Gasteiger partial charge >= 0.3 is 0 Å². The van der Waals surface area contributed by atoms with Gasteiger partial charge in [-0.05, 0) is 43.4 Å². The molecule has 2 rings (SSSR count). The lowest BCUT2D eigenvalue weighted by molar-refractivity contribution is 0.122. The smallest absolute Gasteiger partial charge is 0.120 e. The van der Waals surface area contributed by atoms with Crippen molar-refractivity contribution in [2.45, 2.75) is 45.1 Å². The van der Waals surface area contributed by atoms with E-state index in [4.69, 9.17) is 10.5 Å². The van der Waals surface area contributed by atoms with Gasteiger partial charge in [-0.2, -0.15) is 0 Å². The Hall–Kier alpha value is -1.46. The van der Waals surface area contributed by atoms with Crippen molar-refractivity contribution in [1.29, 1.82) is 0 Å². The fraction of sp³-hybridized carbons (Fsp3) is 0.529.